The first-order valence-electron chi connectivity index (χ1n) is 9.26. The summed E-state index contributed by atoms with van der Waals surface area (Å²) in [5.41, 5.74) is 2.14. The summed E-state index contributed by atoms with van der Waals surface area (Å²) >= 11 is 0. The molecule has 0 bridgehead atoms. The second-order valence-electron chi connectivity index (χ2n) is 6.87. The lowest BCUT2D eigenvalue weighted by Crippen LogP contribution is -2.42. The molecule has 3 aromatic rings. The topological polar surface area (TPSA) is 69.0 Å². The third kappa shape index (κ3) is 3.52. The van der Waals surface area contributed by atoms with Crippen LogP contribution < -0.4 is 5.32 Å². The standard InChI is InChI=1S/C22H19FN4O/c23-19-7-3-1-5-17(19)22(28)27-11-9-15(10-12-27)25-21-13-16(14-24)26-20-8-4-2-6-18(20)21/h1-8,13,15H,9-12H2,(H,25,26). The SMILES string of the molecule is N#Cc1cc(NC2CCN(C(=O)c3ccccc3F)CC2)c2ccccc2n1. The largest absolute Gasteiger partial charge is 0.382 e. The van der Waals surface area contributed by atoms with Crippen LogP contribution in [0.3, 0.4) is 0 Å². The van der Waals surface area contributed by atoms with Gasteiger partial charge in [0.05, 0.1) is 11.1 Å². The number of hydrogen-bond donors (Lipinski definition) is 1. The molecule has 1 aliphatic rings. The van der Waals surface area contributed by atoms with E-state index in [1.165, 1.54) is 12.1 Å². The Morgan fingerprint density at radius 2 is 1.86 bits per heavy atom. The van der Waals surface area contributed by atoms with Crippen molar-refractivity contribution in [1.29, 1.82) is 5.26 Å². The monoisotopic (exact) mass is 374 g/mol. The fourth-order valence-electron chi connectivity index (χ4n) is 3.60. The molecule has 0 atom stereocenters. The second kappa shape index (κ2) is 7.65. The van der Waals surface area contributed by atoms with E-state index in [1.54, 1.807) is 23.1 Å². The van der Waals surface area contributed by atoms with Crippen LogP contribution in [0, 0.1) is 17.1 Å². The number of nitrogens with one attached hydrogen (secondary N) is 1. The number of nitriles is 1. The van der Waals surface area contributed by atoms with Gasteiger partial charge in [-0.1, -0.05) is 30.3 Å². The summed E-state index contributed by atoms with van der Waals surface area (Å²) in [5, 5.41) is 13.7. The van der Waals surface area contributed by atoms with Crippen molar-refractivity contribution in [1.82, 2.24) is 9.88 Å². The summed E-state index contributed by atoms with van der Waals surface area (Å²) in [6.45, 7) is 1.11. The van der Waals surface area contributed by atoms with E-state index in [2.05, 4.69) is 16.4 Å². The number of nitrogens with zero attached hydrogens (tertiary/aromatic N) is 3. The molecule has 1 N–H and O–H groups in total. The maximum absolute atomic E-state index is 13.9. The highest BCUT2D eigenvalue weighted by Crippen LogP contribution is 2.26. The molecule has 1 amide bonds. The van der Waals surface area contributed by atoms with E-state index < -0.39 is 5.82 Å². The minimum Gasteiger partial charge on any atom is -0.382 e. The molecule has 1 aromatic heterocycles. The van der Waals surface area contributed by atoms with Gasteiger partial charge < -0.3 is 10.2 Å². The molecule has 1 fully saturated rings. The zero-order valence-electron chi connectivity index (χ0n) is 15.2. The Kier molecular flexibility index (Phi) is 4.90. The molecule has 2 aromatic carbocycles. The van der Waals surface area contributed by atoms with Crippen molar-refractivity contribution in [3.8, 4) is 6.07 Å². The number of amides is 1. The third-order valence-corrected chi connectivity index (χ3v) is 5.08. The van der Waals surface area contributed by atoms with Gasteiger partial charge in [-0.05, 0) is 37.1 Å². The van der Waals surface area contributed by atoms with Crippen LogP contribution in [0.4, 0.5) is 10.1 Å². The molecule has 5 nitrogen and oxygen atoms in total. The molecule has 0 spiro atoms. The highest BCUT2D eigenvalue weighted by Gasteiger charge is 2.25. The Morgan fingerprint density at radius 1 is 1.14 bits per heavy atom. The predicted octanol–water partition coefficient (Wildman–Crippen LogP) is 3.96. The Balaban J connectivity index is 1.47. The number of pyridine rings is 1. The van der Waals surface area contributed by atoms with Gasteiger partial charge in [0.2, 0.25) is 0 Å². The maximum atomic E-state index is 13.9. The number of aromatic nitrogens is 1. The van der Waals surface area contributed by atoms with E-state index in [4.69, 9.17) is 0 Å². The number of hydrogen-bond acceptors (Lipinski definition) is 4. The summed E-state index contributed by atoms with van der Waals surface area (Å²) in [6, 6.07) is 17.8. The van der Waals surface area contributed by atoms with Gasteiger partial charge in [-0.25, -0.2) is 9.37 Å². The van der Waals surface area contributed by atoms with Crippen LogP contribution in [0.1, 0.15) is 28.9 Å². The van der Waals surface area contributed by atoms with E-state index in [0.717, 1.165) is 29.4 Å². The van der Waals surface area contributed by atoms with Crippen LogP contribution in [0.2, 0.25) is 0 Å². The molecule has 0 saturated carbocycles. The van der Waals surface area contributed by atoms with Gasteiger partial charge in [0, 0.05) is 30.2 Å². The zero-order valence-corrected chi connectivity index (χ0v) is 15.2. The molecule has 1 aliphatic heterocycles. The fourth-order valence-corrected chi connectivity index (χ4v) is 3.60. The number of halogens is 1. The Bertz CT molecular complexity index is 1070. The average Bonchev–Trinajstić information content (AvgIpc) is 2.74. The average molecular weight is 374 g/mol. The van der Waals surface area contributed by atoms with Crippen LogP contribution in [-0.4, -0.2) is 34.9 Å². The summed E-state index contributed by atoms with van der Waals surface area (Å²) in [4.78, 5) is 18.6. The van der Waals surface area contributed by atoms with E-state index in [9.17, 15) is 14.4 Å². The fraction of sp³-hybridized carbons (Fsp3) is 0.227. The van der Waals surface area contributed by atoms with Crippen molar-refractivity contribution in [2.45, 2.75) is 18.9 Å². The van der Waals surface area contributed by atoms with Gasteiger partial charge in [-0.15, -0.1) is 0 Å². The Morgan fingerprint density at radius 3 is 2.61 bits per heavy atom. The number of para-hydroxylation sites is 1. The maximum Gasteiger partial charge on any atom is 0.256 e. The van der Waals surface area contributed by atoms with Gasteiger partial charge in [0.1, 0.15) is 17.6 Å². The summed E-state index contributed by atoms with van der Waals surface area (Å²) < 4.78 is 13.9. The summed E-state index contributed by atoms with van der Waals surface area (Å²) in [6.07, 6.45) is 1.50. The number of likely N-dealkylation sites (tertiary alicyclic amines) is 1. The minimum absolute atomic E-state index is 0.118. The van der Waals surface area contributed by atoms with Crippen LogP contribution in [0.25, 0.3) is 10.9 Å². The summed E-state index contributed by atoms with van der Waals surface area (Å²) in [5.74, 6) is -0.752. The molecule has 2 heterocycles. The number of benzene rings is 2. The first kappa shape index (κ1) is 17.9. The van der Waals surface area contributed by atoms with Gasteiger partial charge in [0.15, 0.2) is 0 Å². The van der Waals surface area contributed by atoms with Crippen LogP contribution in [0.15, 0.2) is 54.6 Å². The lowest BCUT2D eigenvalue weighted by Gasteiger charge is -2.33. The quantitative estimate of drug-likeness (QED) is 0.753. The number of carbonyl (C=O) groups excluding carboxylic acids is 1. The van der Waals surface area contributed by atoms with Crippen molar-refractivity contribution in [2.75, 3.05) is 18.4 Å². The molecule has 0 radical (unpaired) electrons. The number of fused-ring (bicyclic) bond motifs is 1. The van der Waals surface area contributed by atoms with Gasteiger partial charge >= 0.3 is 0 Å². The van der Waals surface area contributed by atoms with Crippen molar-refractivity contribution in [3.63, 3.8) is 0 Å². The molecular weight excluding hydrogens is 355 g/mol. The molecule has 0 unspecified atom stereocenters. The number of carbonyl (C=O) groups is 1. The van der Waals surface area contributed by atoms with Crippen LogP contribution in [-0.2, 0) is 0 Å². The number of rotatable bonds is 3. The van der Waals surface area contributed by atoms with Gasteiger partial charge in [0.25, 0.3) is 5.91 Å². The lowest BCUT2D eigenvalue weighted by atomic mass is 10.0. The normalized spacial score (nSPS) is 14.6. The predicted molar refractivity (Wildman–Crippen MR) is 105 cm³/mol. The molecule has 0 aliphatic carbocycles. The van der Waals surface area contributed by atoms with E-state index in [0.29, 0.717) is 18.8 Å². The van der Waals surface area contributed by atoms with Crippen molar-refractivity contribution in [2.24, 2.45) is 0 Å². The first-order valence-corrected chi connectivity index (χ1v) is 9.26. The zero-order chi connectivity index (χ0) is 19.5. The van der Waals surface area contributed by atoms with E-state index >= 15 is 0 Å². The summed E-state index contributed by atoms with van der Waals surface area (Å²) in [7, 11) is 0. The van der Waals surface area contributed by atoms with Crippen molar-refractivity contribution < 1.29 is 9.18 Å². The molecular formula is C22H19FN4O. The molecule has 28 heavy (non-hydrogen) atoms. The van der Waals surface area contributed by atoms with Gasteiger partial charge in [-0.3, -0.25) is 4.79 Å². The smallest absolute Gasteiger partial charge is 0.256 e. The highest BCUT2D eigenvalue weighted by atomic mass is 19.1. The second-order valence-corrected chi connectivity index (χ2v) is 6.87. The number of anilines is 1. The van der Waals surface area contributed by atoms with E-state index in [1.807, 2.05) is 24.3 Å². The third-order valence-electron chi connectivity index (χ3n) is 5.08. The minimum atomic E-state index is -0.486. The lowest BCUT2D eigenvalue weighted by molar-refractivity contribution is 0.0714. The molecule has 6 heteroatoms. The van der Waals surface area contributed by atoms with Crippen LogP contribution >= 0.6 is 0 Å². The molecule has 1 saturated heterocycles. The molecule has 4 rings (SSSR count). The molecule has 140 valence electrons. The van der Waals surface area contributed by atoms with Crippen molar-refractivity contribution in [3.05, 3.63) is 71.7 Å². The van der Waals surface area contributed by atoms with Crippen LogP contribution in [0.5, 0.6) is 0 Å². The Hall–Kier alpha value is -3.46. The number of piperidine rings is 1. The van der Waals surface area contributed by atoms with Gasteiger partial charge in [-0.2, -0.15) is 5.26 Å². The van der Waals surface area contributed by atoms with E-state index in [-0.39, 0.29) is 17.5 Å². The first-order chi connectivity index (χ1) is 13.7. The Labute approximate surface area is 162 Å². The highest BCUT2D eigenvalue weighted by molar-refractivity contribution is 5.94. The van der Waals surface area contributed by atoms with Crippen molar-refractivity contribution >= 4 is 22.5 Å².